The zero-order valence-electron chi connectivity index (χ0n) is 13.6. The van der Waals surface area contributed by atoms with E-state index in [1.165, 1.54) is 0 Å². The van der Waals surface area contributed by atoms with Crippen LogP contribution >= 0.6 is 11.6 Å². The van der Waals surface area contributed by atoms with E-state index < -0.39 is 0 Å². The Kier molecular flexibility index (Phi) is 6.81. The van der Waals surface area contributed by atoms with Gasteiger partial charge < -0.3 is 9.53 Å². The normalized spacial score (nSPS) is 13.7. The molecule has 124 valence electrons. The third kappa shape index (κ3) is 4.66. The lowest BCUT2D eigenvalue weighted by Gasteiger charge is -2.26. The van der Waals surface area contributed by atoms with E-state index in [9.17, 15) is 4.79 Å². The van der Waals surface area contributed by atoms with Crippen molar-refractivity contribution in [3.63, 3.8) is 0 Å². The Balaban J connectivity index is 2.32. The molecule has 0 aliphatic rings. The first-order chi connectivity index (χ1) is 11.2. The van der Waals surface area contributed by atoms with Crippen LogP contribution in [0, 0.1) is 0 Å². The predicted molar refractivity (Wildman–Crippen MR) is 91.9 cm³/mol. The Morgan fingerprint density at radius 3 is 2.65 bits per heavy atom. The van der Waals surface area contributed by atoms with Gasteiger partial charge in [-0.25, -0.2) is 0 Å². The minimum atomic E-state index is -0.171. The molecule has 0 radical (unpaired) electrons. The van der Waals surface area contributed by atoms with Crippen molar-refractivity contribution in [2.45, 2.75) is 44.8 Å². The third-order valence-corrected chi connectivity index (χ3v) is 4.27. The van der Waals surface area contributed by atoms with Gasteiger partial charge in [-0.05, 0) is 36.6 Å². The predicted octanol–water partition coefficient (Wildman–Crippen LogP) is 3.88. The Morgan fingerprint density at radius 1 is 1.30 bits per heavy atom. The van der Waals surface area contributed by atoms with Gasteiger partial charge in [-0.3, -0.25) is 4.68 Å². The number of nitrogens with zero attached hydrogens (tertiary/aromatic N) is 2. The van der Waals surface area contributed by atoms with E-state index in [4.69, 9.17) is 16.3 Å². The molecule has 1 aromatic heterocycles. The first-order valence-corrected chi connectivity index (χ1v) is 8.30. The van der Waals surface area contributed by atoms with Crippen LogP contribution in [0.15, 0.2) is 36.5 Å². The van der Waals surface area contributed by atoms with Gasteiger partial charge in [-0.2, -0.15) is 5.10 Å². The molecule has 0 aliphatic heterocycles. The summed E-state index contributed by atoms with van der Waals surface area (Å²) in [6.07, 6.45) is 4.71. The number of aryl methyl sites for hydroxylation is 1. The van der Waals surface area contributed by atoms with Gasteiger partial charge in [0.25, 0.3) is 0 Å². The molecule has 5 heteroatoms. The van der Waals surface area contributed by atoms with Gasteiger partial charge in [0.1, 0.15) is 6.29 Å². The minimum Gasteiger partial charge on any atom is -0.380 e. The summed E-state index contributed by atoms with van der Waals surface area (Å²) in [7, 11) is 1.66. The van der Waals surface area contributed by atoms with E-state index in [1.54, 1.807) is 7.11 Å². The number of halogens is 1. The fraction of sp³-hybridized carbons (Fsp3) is 0.444. The van der Waals surface area contributed by atoms with E-state index in [2.05, 4.69) is 12.0 Å². The Bertz CT molecular complexity index is 610. The SMILES string of the molecule is CCCn1nccc1[C@@H](Cc1ccc(Cl)cc1)[C@@H](CC=O)OC. The number of aromatic nitrogens is 2. The Morgan fingerprint density at radius 2 is 2.04 bits per heavy atom. The molecule has 2 aromatic rings. The molecule has 4 nitrogen and oxygen atoms in total. The molecule has 0 amide bonds. The van der Waals surface area contributed by atoms with Crippen LogP contribution in [0.2, 0.25) is 5.02 Å². The second-order valence-electron chi connectivity index (χ2n) is 5.59. The van der Waals surface area contributed by atoms with Crippen molar-refractivity contribution < 1.29 is 9.53 Å². The molecule has 0 saturated heterocycles. The summed E-state index contributed by atoms with van der Waals surface area (Å²) >= 11 is 5.97. The Labute approximate surface area is 142 Å². The van der Waals surface area contributed by atoms with Crippen molar-refractivity contribution >= 4 is 17.9 Å². The number of hydrogen-bond donors (Lipinski definition) is 0. The lowest BCUT2D eigenvalue weighted by molar-refractivity contribution is -0.110. The molecule has 2 rings (SSSR count). The zero-order chi connectivity index (χ0) is 16.7. The number of carbonyl (C=O) groups excluding carboxylic acids is 1. The van der Waals surface area contributed by atoms with E-state index in [0.717, 1.165) is 42.0 Å². The monoisotopic (exact) mass is 334 g/mol. The summed E-state index contributed by atoms with van der Waals surface area (Å²) < 4.78 is 7.62. The van der Waals surface area contributed by atoms with Gasteiger partial charge in [-0.15, -0.1) is 0 Å². The summed E-state index contributed by atoms with van der Waals surface area (Å²) in [5, 5.41) is 5.13. The van der Waals surface area contributed by atoms with Gasteiger partial charge in [0.05, 0.1) is 6.10 Å². The highest BCUT2D eigenvalue weighted by molar-refractivity contribution is 6.30. The van der Waals surface area contributed by atoms with E-state index >= 15 is 0 Å². The number of aldehydes is 1. The fourth-order valence-electron chi connectivity index (χ4n) is 2.88. The van der Waals surface area contributed by atoms with Crippen LogP contribution in [0.1, 0.15) is 36.9 Å². The molecule has 0 aliphatic carbocycles. The largest absolute Gasteiger partial charge is 0.380 e. The summed E-state index contributed by atoms with van der Waals surface area (Å²) in [4.78, 5) is 11.0. The van der Waals surface area contributed by atoms with Gasteiger partial charge in [0, 0.05) is 42.9 Å². The van der Waals surface area contributed by atoms with Gasteiger partial charge in [0.15, 0.2) is 0 Å². The molecule has 23 heavy (non-hydrogen) atoms. The molecule has 2 atom stereocenters. The highest BCUT2D eigenvalue weighted by atomic mass is 35.5. The third-order valence-electron chi connectivity index (χ3n) is 4.01. The van der Waals surface area contributed by atoms with Crippen LogP contribution in [0.3, 0.4) is 0 Å². The maximum absolute atomic E-state index is 11.0. The number of hydrogen-bond acceptors (Lipinski definition) is 3. The molecule has 1 aromatic carbocycles. The molecule has 0 saturated carbocycles. The molecule has 0 unspecified atom stereocenters. The van der Waals surface area contributed by atoms with Gasteiger partial charge in [-0.1, -0.05) is 30.7 Å². The highest BCUT2D eigenvalue weighted by Gasteiger charge is 2.26. The van der Waals surface area contributed by atoms with Crippen molar-refractivity contribution in [1.82, 2.24) is 9.78 Å². The minimum absolute atomic E-state index is 0.0698. The smallest absolute Gasteiger partial charge is 0.122 e. The highest BCUT2D eigenvalue weighted by Crippen LogP contribution is 2.28. The van der Waals surface area contributed by atoms with Gasteiger partial charge >= 0.3 is 0 Å². The zero-order valence-corrected chi connectivity index (χ0v) is 14.4. The molecule has 0 bridgehead atoms. The second-order valence-corrected chi connectivity index (χ2v) is 6.03. The average Bonchev–Trinajstić information content (AvgIpc) is 3.01. The van der Waals surface area contributed by atoms with Crippen LogP contribution in [-0.4, -0.2) is 29.3 Å². The number of benzene rings is 1. The van der Waals surface area contributed by atoms with Crippen LogP contribution in [-0.2, 0) is 22.5 Å². The average molecular weight is 335 g/mol. The summed E-state index contributed by atoms with van der Waals surface area (Å²) in [5.74, 6) is 0.0698. The van der Waals surface area contributed by atoms with Gasteiger partial charge in [0.2, 0.25) is 0 Å². The fourth-order valence-corrected chi connectivity index (χ4v) is 3.00. The Hall–Kier alpha value is -1.65. The van der Waals surface area contributed by atoms with Crippen molar-refractivity contribution in [2.75, 3.05) is 7.11 Å². The second kappa shape index (κ2) is 8.85. The first-order valence-electron chi connectivity index (χ1n) is 7.92. The number of ether oxygens (including phenoxy) is 1. The van der Waals surface area contributed by atoms with E-state index in [0.29, 0.717) is 6.42 Å². The first kappa shape index (κ1) is 17.7. The molecule has 0 N–H and O–H groups in total. The van der Waals surface area contributed by atoms with Crippen LogP contribution in [0.25, 0.3) is 0 Å². The lowest BCUT2D eigenvalue weighted by Crippen LogP contribution is -2.26. The molecule has 0 spiro atoms. The van der Waals surface area contributed by atoms with Crippen molar-refractivity contribution in [3.05, 3.63) is 52.8 Å². The standard InChI is InChI=1S/C18H23ClN2O2/c1-3-11-21-17(8-10-20-21)16(18(23-2)9-12-22)13-14-4-6-15(19)7-5-14/h4-8,10,12,16,18H,3,9,11,13H2,1-2H3/t16-,18-/m1/s1. The maximum Gasteiger partial charge on any atom is 0.122 e. The molecular formula is C18H23ClN2O2. The van der Waals surface area contributed by atoms with Crippen LogP contribution in [0.4, 0.5) is 0 Å². The van der Waals surface area contributed by atoms with E-state index in [-0.39, 0.29) is 12.0 Å². The summed E-state index contributed by atoms with van der Waals surface area (Å²) in [6, 6.07) is 9.83. The number of methoxy groups -OCH3 is 1. The van der Waals surface area contributed by atoms with Crippen molar-refractivity contribution in [1.29, 1.82) is 0 Å². The quantitative estimate of drug-likeness (QED) is 0.654. The van der Waals surface area contributed by atoms with Crippen LogP contribution < -0.4 is 0 Å². The van der Waals surface area contributed by atoms with Crippen molar-refractivity contribution in [2.24, 2.45) is 0 Å². The summed E-state index contributed by atoms with van der Waals surface area (Å²) in [5.41, 5.74) is 2.27. The topological polar surface area (TPSA) is 44.1 Å². The van der Waals surface area contributed by atoms with Crippen molar-refractivity contribution in [3.8, 4) is 0 Å². The molecular weight excluding hydrogens is 312 g/mol. The van der Waals surface area contributed by atoms with Crippen LogP contribution in [0.5, 0.6) is 0 Å². The summed E-state index contributed by atoms with van der Waals surface area (Å²) in [6.45, 7) is 2.98. The lowest BCUT2D eigenvalue weighted by atomic mass is 9.89. The molecule has 0 fully saturated rings. The molecule has 1 heterocycles. The number of carbonyl (C=O) groups is 1. The van der Waals surface area contributed by atoms with E-state index in [1.807, 2.05) is 41.2 Å². The maximum atomic E-state index is 11.0. The number of rotatable bonds is 9.